The van der Waals surface area contributed by atoms with Crippen LogP contribution in [-0.2, 0) is 4.79 Å². The number of hydrogen-bond acceptors (Lipinski definition) is 3. The van der Waals surface area contributed by atoms with Gasteiger partial charge in [-0.3, -0.25) is 9.69 Å². The van der Waals surface area contributed by atoms with Gasteiger partial charge in [0.15, 0.2) is 0 Å². The average Bonchev–Trinajstić information content (AvgIpc) is 2.29. The maximum atomic E-state index is 11.7. The van der Waals surface area contributed by atoms with E-state index in [0.717, 1.165) is 10.2 Å². The second-order valence-corrected chi connectivity index (χ2v) is 4.70. The van der Waals surface area contributed by atoms with Gasteiger partial charge in [-0.1, -0.05) is 12.1 Å². The van der Waals surface area contributed by atoms with Crippen molar-refractivity contribution in [3.63, 3.8) is 0 Å². The Morgan fingerprint density at radius 3 is 2.82 bits per heavy atom. The second-order valence-electron chi connectivity index (χ2n) is 3.84. The van der Waals surface area contributed by atoms with Crippen LogP contribution in [0.1, 0.15) is 6.42 Å². The molecule has 1 aromatic rings. The molecule has 1 aromatic carbocycles. The molecule has 0 aliphatic heterocycles. The maximum absolute atomic E-state index is 11.7. The van der Waals surface area contributed by atoms with E-state index >= 15 is 0 Å². The zero-order chi connectivity index (χ0) is 12.7. The fourth-order valence-electron chi connectivity index (χ4n) is 1.42. The predicted molar refractivity (Wildman–Crippen MR) is 72.0 cm³/mol. The number of carbonyl (C=O) groups excluding carboxylic acids is 1. The molecule has 0 heterocycles. The summed E-state index contributed by atoms with van der Waals surface area (Å²) in [6.07, 6.45) is 0.679. The Morgan fingerprint density at radius 2 is 2.18 bits per heavy atom. The van der Waals surface area contributed by atoms with Crippen molar-refractivity contribution in [1.29, 1.82) is 0 Å². The molecule has 0 aliphatic carbocycles. The van der Waals surface area contributed by atoms with Crippen LogP contribution in [-0.4, -0.2) is 42.7 Å². The lowest BCUT2D eigenvalue weighted by molar-refractivity contribution is -0.117. The van der Waals surface area contributed by atoms with E-state index in [0.29, 0.717) is 19.5 Å². The Kier molecular flexibility index (Phi) is 6.18. The third-order valence-electron chi connectivity index (χ3n) is 2.26. The van der Waals surface area contributed by atoms with Crippen LogP contribution >= 0.6 is 15.9 Å². The molecule has 94 valence electrons. The van der Waals surface area contributed by atoms with Gasteiger partial charge < -0.3 is 10.4 Å². The third kappa shape index (κ3) is 5.30. The van der Waals surface area contributed by atoms with Crippen LogP contribution in [0.5, 0.6) is 0 Å². The molecule has 2 N–H and O–H groups in total. The Morgan fingerprint density at radius 1 is 1.47 bits per heavy atom. The maximum Gasteiger partial charge on any atom is 0.238 e. The van der Waals surface area contributed by atoms with Gasteiger partial charge in [0.1, 0.15) is 0 Å². The van der Waals surface area contributed by atoms with Gasteiger partial charge in [0, 0.05) is 17.6 Å². The fourth-order valence-corrected chi connectivity index (χ4v) is 1.80. The SMILES string of the molecule is CN(CCCO)CC(=O)Nc1ccccc1Br. The number of aliphatic hydroxyl groups excluding tert-OH is 1. The molecule has 0 aromatic heterocycles. The van der Waals surface area contributed by atoms with Crippen LogP contribution in [0.4, 0.5) is 5.69 Å². The van der Waals surface area contributed by atoms with Gasteiger partial charge in [-0.25, -0.2) is 0 Å². The largest absolute Gasteiger partial charge is 0.396 e. The molecule has 0 spiro atoms. The van der Waals surface area contributed by atoms with Crippen molar-refractivity contribution in [1.82, 2.24) is 4.90 Å². The van der Waals surface area contributed by atoms with Crippen LogP contribution in [0.2, 0.25) is 0 Å². The second kappa shape index (κ2) is 7.42. The minimum absolute atomic E-state index is 0.0580. The van der Waals surface area contributed by atoms with Crippen LogP contribution in [0.3, 0.4) is 0 Å². The van der Waals surface area contributed by atoms with E-state index in [4.69, 9.17) is 5.11 Å². The van der Waals surface area contributed by atoms with Crippen molar-refractivity contribution in [3.8, 4) is 0 Å². The van der Waals surface area contributed by atoms with Gasteiger partial charge >= 0.3 is 0 Å². The molecule has 1 rings (SSSR count). The molecular formula is C12H17BrN2O2. The minimum atomic E-state index is -0.0580. The van der Waals surface area contributed by atoms with E-state index in [1.165, 1.54) is 0 Å². The lowest BCUT2D eigenvalue weighted by Crippen LogP contribution is -2.31. The van der Waals surface area contributed by atoms with Crippen molar-refractivity contribution in [2.75, 3.05) is 32.1 Å². The summed E-state index contributed by atoms with van der Waals surface area (Å²) < 4.78 is 0.867. The number of benzene rings is 1. The Bertz CT molecular complexity index is 371. The Balaban J connectivity index is 2.42. The number of likely N-dealkylation sites (N-methyl/N-ethyl adjacent to an activating group) is 1. The first-order chi connectivity index (χ1) is 8.13. The molecular weight excluding hydrogens is 284 g/mol. The molecule has 0 unspecified atom stereocenters. The molecule has 1 amide bonds. The molecule has 0 saturated heterocycles. The van der Waals surface area contributed by atoms with Crippen LogP contribution in [0.25, 0.3) is 0 Å². The Labute approximate surface area is 110 Å². The van der Waals surface area contributed by atoms with Gasteiger partial charge in [0.2, 0.25) is 5.91 Å². The summed E-state index contributed by atoms with van der Waals surface area (Å²) in [6.45, 7) is 1.18. The molecule has 0 bridgehead atoms. The highest BCUT2D eigenvalue weighted by atomic mass is 79.9. The molecule has 4 nitrogen and oxygen atoms in total. The van der Waals surface area contributed by atoms with E-state index < -0.39 is 0 Å². The molecule has 0 saturated carbocycles. The standard InChI is InChI=1S/C12H17BrN2O2/c1-15(7-4-8-16)9-12(17)14-11-6-3-2-5-10(11)13/h2-3,5-6,16H,4,7-9H2,1H3,(H,14,17). The number of amides is 1. The van der Waals surface area contributed by atoms with Gasteiger partial charge in [-0.05, 0) is 41.5 Å². The van der Waals surface area contributed by atoms with Gasteiger partial charge in [-0.2, -0.15) is 0 Å². The highest BCUT2D eigenvalue weighted by Crippen LogP contribution is 2.20. The predicted octanol–water partition coefficient (Wildman–Crippen LogP) is 1.70. The summed E-state index contributed by atoms with van der Waals surface area (Å²) in [4.78, 5) is 13.6. The van der Waals surface area contributed by atoms with E-state index in [-0.39, 0.29) is 12.5 Å². The minimum Gasteiger partial charge on any atom is -0.396 e. The van der Waals surface area contributed by atoms with Crippen molar-refractivity contribution < 1.29 is 9.90 Å². The molecule has 0 atom stereocenters. The van der Waals surface area contributed by atoms with Gasteiger partial charge in [0.25, 0.3) is 0 Å². The number of rotatable bonds is 6. The number of nitrogens with one attached hydrogen (secondary N) is 1. The van der Waals surface area contributed by atoms with Crippen molar-refractivity contribution in [2.45, 2.75) is 6.42 Å². The fraction of sp³-hybridized carbons (Fsp3) is 0.417. The summed E-state index contributed by atoms with van der Waals surface area (Å²) in [5.41, 5.74) is 0.771. The van der Waals surface area contributed by atoms with Crippen LogP contribution in [0.15, 0.2) is 28.7 Å². The molecule has 0 radical (unpaired) electrons. The van der Waals surface area contributed by atoms with Crippen molar-refractivity contribution in [3.05, 3.63) is 28.7 Å². The average molecular weight is 301 g/mol. The van der Waals surface area contributed by atoms with E-state index in [1.54, 1.807) is 0 Å². The number of nitrogens with zero attached hydrogens (tertiary/aromatic N) is 1. The number of aliphatic hydroxyl groups is 1. The lowest BCUT2D eigenvalue weighted by Gasteiger charge is -2.15. The van der Waals surface area contributed by atoms with Crippen molar-refractivity contribution >= 4 is 27.5 Å². The smallest absolute Gasteiger partial charge is 0.238 e. The normalized spacial score (nSPS) is 10.6. The summed E-state index contributed by atoms with van der Waals surface area (Å²) in [5, 5.41) is 11.5. The summed E-state index contributed by atoms with van der Waals surface area (Å²) >= 11 is 3.37. The highest BCUT2D eigenvalue weighted by Gasteiger charge is 2.07. The van der Waals surface area contributed by atoms with Gasteiger partial charge in [0.05, 0.1) is 12.2 Å². The molecule has 0 aliphatic rings. The number of carbonyl (C=O) groups is 1. The van der Waals surface area contributed by atoms with Gasteiger partial charge in [-0.15, -0.1) is 0 Å². The monoisotopic (exact) mass is 300 g/mol. The number of anilines is 1. The number of halogens is 1. The quantitative estimate of drug-likeness (QED) is 0.841. The lowest BCUT2D eigenvalue weighted by atomic mass is 10.3. The number of hydrogen-bond donors (Lipinski definition) is 2. The van der Waals surface area contributed by atoms with E-state index in [1.807, 2.05) is 36.2 Å². The zero-order valence-electron chi connectivity index (χ0n) is 9.82. The summed E-state index contributed by atoms with van der Waals surface area (Å²) in [7, 11) is 1.86. The first kappa shape index (κ1) is 14.2. The molecule has 0 fully saturated rings. The first-order valence-electron chi connectivity index (χ1n) is 5.47. The number of para-hydroxylation sites is 1. The van der Waals surface area contributed by atoms with E-state index in [9.17, 15) is 4.79 Å². The Hall–Kier alpha value is -0.910. The summed E-state index contributed by atoms with van der Waals surface area (Å²) in [6, 6.07) is 7.49. The molecule has 5 heteroatoms. The van der Waals surface area contributed by atoms with E-state index in [2.05, 4.69) is 21.2 Å². The first-order valence-corrected chi connectivity index (χ1v) is 6.26. The van der Waals surface area contributed by atoms with Crippen LogP contribution < -0.4 is 5.32 Å². The zero-order valence-corrected chi connectivity index (χ0v) is 11.4. The third-order valence-corrected chi connectivity index (χ3v) is 2.95. The van der Waals surface area contributed by atoms with Crippen LogP contribution in [0, 0.1) is 0 Å². The molecule has 17 heavy (non-hydrogen) atoms. The summed E-state index contributed by atoms with van der Waals surface area (Å²) in [5.74, 6) is -0.0580. The topological polar surface area (TPSA) is 52.6 Å². The van der Waals surface area contributed by atoms with Crippen molar-refractivity contribution in [2.24, 2.45) is 0 Å². The highest BCUT2D eigenvalue weighted by molar-refractivity contribution is 9.10.